The molecule has 116 valence electrons. The van der Waals surface area contributed by atoms with Crippen LogP contribution in [0.15, 0.2) is 29.2 Å². The van der Waals surface area contributed by atoms with E-state index in [0.29, 0.717) is 36.9 Å². The third-order valence-electron chi connectivity index (χ3n) is 3.75. The molecule has 0 aromatic heterocycles. The fourth-order valence-electron chi connectivity index (χ4n) is 2.40. The van der Waals surface area contributed by atoms with E-state index in [1.165, 1.54) is 4.31 Å². The molecule has 0 spiro atoms. The number of nitrogens with two attached hydrogens (primary N) is 1. The lowest BCUT2D eigenvalue weighted by Gasteiger charge is -2.30. The minimum Gasteiger partial charge on any atom is -0.330 e. The molecule has 0 unspecified atom stereocenters. The highest BCUT2D eigenvalue weighted by Gasteiger charge is 2.28. The highest BCUT2D eigenvalue weighted by Crippen LogP contribution is 2.23. The van der Waals surface area contributed by atoms with Gasteiger partial charge < -0.3 is 5.73 Å². The second-order valence-electron chi connectivity index (χ2n) is 5.06. The van der Waals surface area contributed by atoms with Gasteiger partial charge in [0.15, 0.2) is 0 Å². The molecule has 1 aliphatic heterocycles. The molecule has 1 aliphatic rings. The lowest BCUT2D eigenvalue weighted by molar-refractivity contribution is 0.278. The van der Waals surface area contributed by atoms with Crippen molar-refractivity contribution in [1.29, 1.82) is 5.26 Å². The predicted molar refractivity (Wildman–Crippen MR) is 83.5 cm³/mol. The van der Waals surface area contributed by atoms with Crippen LogP contribution in [0.1, 0.15) is 18.4 Å². The Hall–Kier alpha value is -1.13. The molecule has 5 nitrogen and oxygen atoms in total. The number of rotatable bonds is 4. The number of piperidine rings is 1. The first kappa shape index (κ1) is 17.9. The zero-order chi connectivity index (χ0) is 14.6. The minimum absolute atomic E-state index is 0. The number of halogens is 1. The van der Waals surface area contributed by atoms with Crippen LogP contribution in [-0.2, 0) is 16.4 Å². The molecule has 0 radical (unpaired) electrons. The summed E-state index contributed by atoms with van der Waals surface area (Å²) in [5, 5.41) is 8.61. The Morgan fingerprint density at radius 3 is 2.29 bits per heavy atom. The first-order valence-electron chi connectivity index (χ1n) is 6.74. The largest absolute Gasteiger partial charge is 0.330 e. The van der Waals surface area contributed by atoms with Gasteiger partial charge in [0.05, 0.1) is 17.4 Å². The molecule has 7 heteroatoms. The van der Waals surface area contributed by atoms with E-state index in [2.05, 4.69) is 0 Å². The first-order valence-corrected chi connectivity index (χ1v) is 8.18. The third-order valence-corrected chi connectivity index (χ3v) is 5.66. The molecule has 0 atom stereocenters. The maximum absolute atomic E-state index is 12.5. The second kappa shape index (κ2) is 7.76. The van der Waals surface area contributed by atoms with E-state index in [1.54, 1.807) is 24.3 Å². The van der Waals surface area contributed by atoms with Gasteiger partial charge in [-0.3, -0.25) is 0 Å². The van der Waals surface area contributed by atoms with E-state index in [-0.39, 0.29) is 12.4 Å². The third kappa shape index (κ3) is 4.17. The Labute approximate surface area is 132 Å². The molecular weight excluding hydrogens is 310 g/mol. The monoisotopic (exact) mass is 329 g/mol. The van der Waals surface area contributed by atoms with Gasteiger partial charge in [0.1, 0.15) is 0 Å². The number of nitriles is 1. The summed E-state index contributed by atoms with van der Waals surface area (Å²) in [6.45, 7) is 1.69. The molecule has 1 fully saturated rings. The second-order valence-corrected chi connectivity index (χ2v) is 7.00. The van der Waals surface area contributed by atoms with Crippen LogP contribution < -0.4 is 5.73 Å². The van der Waals surface area contributed by atoms with Crippen LogP contribution in [0.4, 0.5) is 0 Å². The summed E-state index contributed by atoms with van der Waals surface area (Å²) in [5.41, 5.74) is 6.45. The fourth-order valence-corrected chi connectivity index (χ4v) is 3.87. The highest BCUT2D eigenvalue weighted by molar-refractivity contribution is 7.89. The maximum Gasteiger partial charge on any atom is 0.243 e. The summed E-state index contributed by atoms with van der Waals surface area (Å²) >= 11 is 0. The van der Waals surface area contributed by atoms with Gasteiger partial charge in [-0.1, -0.05) is 12.1 Å². The zero-order valence-corrected chi connectivity index (χ0v) is 13.4. The van der Waals surface area contributed by atoms with E-state index in [9.17, 15) is 8.42 Å². The maximum atomic E-state index is 12.5. The molecule has 0 amide bonds. The molecule has 0 bridgehead atoms. The lowest BCUT2D eigenvalue weighted by Crippen LogP contribution is -2.39. The van der Waals surface area contributed by atoms with Gasteiger partial charge in [-0.15, -0.1) is 12.4 Å². The van der Waals surface area contributed by atoms with Gasteiger partial charge in [-0.05, 0) is 43.0 Å². The first-order chi connectivity index (χ1) is 9.57. The molecule has 1 aromatic rings. The van der Waals surface area contributed by atoms with Crippen molar-refractivity contribution in [3.8, 4) is 6.07 Å². The normalized spacial score (nSPS) is 17.0. The number of benzene rings is 1. The van der Waals surface area contributed by atoms with Crippen molar-refractivity contribution < 1.29 is 8.42 Å². The summed E-state index contributed by atoms with van der Waals surface area (Å²) in [5.74, 6) is 0.430. The number of sulfonamides is 1. The SMILES string of the molecule is Cl.N#CCc1ccc(S(=O)(=O)N2CCC(CN)CC2)cc1. The summed E-state index contributed by atoms with van der Waals surface area (Å²) in [6.07, 6.45) is 1.94. The van der Waals surface area contributed by atoms with Gasteiger partial charge in [0.2, 0.25) is 10.0 Å². The van der Waals surface area contributed by atoms with Crippen molar-refractivity contribution in [3.63, 3.8) is 0 Å². The molecule has 1 aromatic carbocycles. The van der Waals surface area contributed by atoms with Crippen molar-refractivity contribution in [2.45, 2.75) is 24.2 Å². The number of nitrogens with zero attached hydrogens (tertiary/aromatic N) is 2. The Morgan fingerprint density at radius 2 is 1.81 bits per heavy atom. The smallest absolute Gasteiger partial charge is 0.243 e. The van der Waals surface area contributed by atoms with E-state index >= 15 is 0 Å². The predicted octanol–water partition coefficient (Wildman–Crippen LogP) is 1.53. The summed E-state index contributed by atoms with van der Waals surface area (Å²) in [6, 6.07) is 8.60. The highest BCUT2D eigenvalue weighted by atomic mass is 35.5. The van der Waals surface area contributed by atoms with Crippen LogP contribution in [0.3, 0.4) is 0 Å². The van der Waals surface area contributed by atoms with Crippen molar-refractivity contribution in [3.05, 3.63) is 29.8 Å². The number of hydrogen-bond acceptors (Lipinski definition) is 4. The molecule has 0 saturated carbocycles. The van der Waals surface area contributed by atoms with Crippen LogP contribution in [-0.4, -0.2) is 32.4 Å². The molecule has 2 rings (SSSR count). The molecule has 1 heterocycles. The Morgan fingerprint density at radius 1 is 1.24 bits per heavy atom. The molecule has 21 heavy (non-hydrogen) atoms. The van der Waals surface area contributed by atoms with Gasteiger partial charge in [-0.2, -0.15) is 9.57 Å². The van der Waals surface area contributed by atoms with Crippen molar-refractivity contribution in [1.82, 2.24) is 4.31 Å². The van der Waals surface area contributed by atoms with E-state index in [4.69, 9.17) is 11.0 Å². The van der Waals surface area contributed by atoms with Crippen LogP contribution in [0.25, 0.3) is 0 Å². The van der Waals surface area contributed by atoms with Crippen molar-refractivity contribution in [2.75, 3.05) is 19.6 Å². The van der Waals surface area contributed by atoms with Crippen molar-refractivity contribution >= 4 is 22.4 Å². The van der Waals surface area contributed by atoms with Crippen LogP contribution >= 0.6 is 12.4 Å². The van der Waals surface area contributed by atoms with Gasteiger partial charge in [0.25, 0.3) is 0 Å². The number of hydrogen-bond donors (Lipinski definition) is 1. The Bertz CT molecular complexity index is 588. The van der Waals surface area contributed by atoms with Gasteiger partial charge in [0, 0.05) is 13.1 Å². The van der Waals surface area contributed by atoms with E-state index in [0.717, 1.165) is 18.4 Å². The topological polar surface area (TPSA) is 87.2 Å². The minimum atomic E-state index is -3.42. The van der Waals surface area contributed by atoms with Crippen molar-refractivity contribution in [2.24, 2.45) is 11.7 Å². The average molecular weight is 330 g/mol. The molecule has 0 aliphatic carbocycles. The lowest BCUT2D eigenvalue weighted by atomic mass is 9.99. The van der Waals surface area contributed by atoms with E-state index in [1.807, 2.05) is 6.07 Å². The average Bonchev–Trinajstić information content (AvgIpc) is 2.48. The van der Waals surface area contributed by atoms with E-state index < -0.39 is 10.0 Å². The fraction of sp³-hybridized carbons (Fsp3) is 0.500. The Kier molecular flexibility index (Phi) is 6.62. The van der Waals surface area contributed by atoms with Crippen LogP contribution in [0, 0.1) is 17.2 Å². The zero-order valence-electron chi connectivity index (χ0n) is 11.7. The Balaban J connectivity index is 0.00000220. The quantitative estimate of drug-likeness (QED) is 0.907. The summed E-state index contributed by atoms with van der Waals surface area (Å²) in [7, 11) is -3.42. The van der Waals surface area contributed by atoms with Crippen LogP contribution in [0.5, 0.6) is 0 Å². The van der Waals surface area contributed by atoms with Crippen LogP contribution in [0.2, 0.25) is 0 Å². The summed E-state index contributed by atoms with van der Waals surface area (Å²) < 4.78 is 26.5. The molecule has 2 N–H and O–H groups in total. The summed E-state index contributed by atoms with van der Waals surface area (Å²) in [4.78, 5) is 0.297. The molecule has 1 saturated heterocycles. The van der Waals surface area contributed by atoms with Gasteiger partial charge in [-0.25, -0.2) is 8.42 Å². The van der Waals surface area contributed by atoms with Gasteiger partial charge >= 0.3 is 0 Å². The molecular formula is C14H20ClN3O2S. The standard InChI is InChI=1S/C14H19N3O2S.ClH/c15-8-5-12-1-3-14(4-2-12)20(18,19)17-9-6-13(11-16)7-10-17;/h1-4,13H,5-7,9-11,16H2;1H.